The van der Waals surface area contributed by atoms with Gasteiger partial charge in [0.25, 0.3) is 0 Å². The molecule has 2 N–H and O–H groups in total. The van der Waals surface area contributed by atoms with Crippen LogP contribution in [0.15, 0.2) is 24.3 Å². The summed E-state index contributed by atoms with van der Waals surface area (Å²) in [5, 5.41) is 0. The highest BCUT2D eigenvalue weighted by molar-refractivity contribution is 6.03. The fraction of sp³-hybridized carbons (Fsp3) is 0.550. The van der Waals surface area contributed by atoms with Crippen molar-refractivity contribution in [2.24, 2.45) is 5.73 Å². The van der Waals surface area contributed by atoms with Gasteiger partial charge in [0.2, 0.25) is 11.8 Å². The van der Waals surface area contributed by atoms with Crippen molar-refractivity contribution < 1.29 is 14.4 Å². The molecule has 2 aliphatic rings. The van der Waals surface area contributed by atoms with Gasteiger partial charge in [-0.05, 0) is 50.2 Å². The van der Waals surface area contributed by atoms with Crippen molar-refractivity contribution in [2.45, 2.75) is 32.2 Å². The number of fused-ring (bicyclic) bond motifs is 1. The Labute approximate surface area is 165 Å². The lowest BCUT2D eigenvalue weighted by Crippen LogP contribution is -2.52. The van der Waals surface area contributed by atoms with Crippen LogP contribution in [-0.2, 0) is 9.59 Å². The van der Waals surface area contributed by atoms with E-state index in [0.717, 1.165) is 25.2 Å². The molecule has 0 unspecified atom stereocenters. The highest BCUT2D eigenvalue weighted by Crippen LogP contribution is 2.38. The minimum absolute atomic E-state index is 0.0158. The number of hydrogen-bond donors (Lipinski definition) is 1. The van der Waals surface area contributed by atoms with Crippen molar-refractivity contribution in [1.82, 2.24) is 9.80 Å². The van der Waals surface area contributed by atoms with Crippen molar-refractivity contribution in [3.05, 3.63) is 24.3 Å². The van der Waals surface area contributed by atoms with Gasteiger partial charge in [-0.25, -0.2) is 4.79 Å². The average Bonchev–Trinajstić information content (AvgIpc) is 3.25. The van der Waals surface area contributed by atoms with E-state index >= 15 is 0 Å². The number of carbonyl (C=O) groups is 3. The Bertz CT molecular complexity index is 762. The van der Waals surface area contributed by atoms with Crippen LogP contribution in [-0.4, -0.2) is 73.0 Å². The quantitative estimate of drug-likeness (QED) is 0.762. The Kier molecular flexibility index (Phi) is 5.60. The molecule has 2 saturated heterocycles. The third kappa shape index (κ3) is 3.32. The zero-order valence-corrected chi connectivity index (χ0v) is 16.9. The molecule has 2 fully saturated rings. The van der Waals surface area contributed by atoms with Crippen LogP contribution in [0.25, 0.3) is 0 Å². The highest BCUT2D eigenvalue weighted by atomic mass is 16.2. The lowest BCUT2D eigenvalue weighted by molar-refractivity contribution is -0.125. The van der Waals surface area contributed by atoms with Gasteiger partial charge in [0.05, 0.1) is 13.1 Å². The summed E-state index contributed by atoms with van der Waals surface area (Å²) >= 11 is 0. The summed E-state index contributed by atoms with van der Waals surface area (Å²) in [5.74, 6) is -0.429. The van der Waals surface area contributed by atoms with Crippen molar-refractivity contribution in [3.8, 4) is 0 Å². The second-order valence-electron chi connectivity index (χ2n) is 7.45. The van der Waals surface area contributed by atoms with Gasteiger partial charge < -0.3 is 15.5 Å². The standard InChI is InChI=1S/C20H29N5O3/c1-4-23(5-2)13-17(26)22(3)15-7-9-16(10-8-15)24-14-20(18(21)27)11-6-12-25(20)19(24)28/h7-10H,4-6,11-14H2,1-3H3,(H2,21,27)/t20-/m1/s1. The molecule has 8 heteroatoms. The first-order chi connectivity index (χ1) is 13.3. The number of hydrogen-bond acceptors (Lipinski definition) is 4. The molecule has 3 rings (SSSR count). The van der Waals surface area contributed by atoms with Gasteiger partial charge in [-0.15, -0.1) is 0 Å². The van der Waals surface area contributed by atoms with Crippen molar-refractivity contribution in [3.63, 3.8) is 0 Å². The predicted molar refractivity (Wildman–Crippen MR) is 108 cm³/mol. The van der Waals surface area contributed by atoms with Crippen LogP contribution in [0.5, 0.6) is 0 Å². The first-order valence-electron chi connectivity index (χ1n) is 9.82. The van der Waals surface area contributed by atoms with Crippen molar-refractivity contribution in [2.75, 3.05) is 49.6 Å². The summed E-state index contributed by atoms with van der Waals surface area (Å²) in [7, 11) is 1.75. The Balaban J connectivity index is 1.74. The van der Waals surface area contributed by atoms with E-state index < -0.39 is 11.4 Å². The van der Waals surface area contributed by atoms with E-state index in [1.165, 1.54) is 0 Å². The number of urea groups is 1. The minimum atomic E-state index is -0.897. The summed E-state index contributed by atoms with van der Waals surface area (Å²) < 4.78 is 0. The molecular formula is C20H29N5O3. The lowest BCUT2D eigenvalue weighted by Gasteiger charge is -2.25. The van der Waals surface area contributed by atoms with E-state index in [9.17, 15) is 14.4 Å². The molecule has 0 aliphatic carbocycles. The maximum atomic E-state index is 12.8. The smallest absolute Gasteiger partial charge is 0.325 e. The Morgan fingerprint density at radius 2 is 1.82 bits per heavy atom. The van der Waals surface area contributed by atoms with Gasteiger partial charge >= 0.3 is 6.03 Å². The minimum Gasteiger partial charge on any atom is -0.368 e. The Morgan fingerprint density at radius 1 is 1.18 bits per heavy atom. The number of rotatable bonds is 7. The van der Waals surface area contributed by atoms with E-state index in [1.54, 1.807) is 21.7 Å². The van der Waals surface area contributed by atoms with E-state index in [0.29, 0.717) is 25.2 Å². The SMILES string of the molecule is CCN(CC)CC(=O)N(C)c1ccc(N2C[C@@]3(C(N)=O)CCCN3C2=O)cc1. The first kappa shape index (κ1) is 20.1. The van der Waals surface area contributed by atoms with Crippen LogP contribution in [0.1, 0.15) is 26.7 Å². The number of likely N-dealkylation sites (N-methyl/N-ethyl adjacent to an activating group) is 2. The zero-order chi connectivity index (χ0) is 20.5. The Morgan fingerprint density at radius 3 is 2.36 bits per heavy atom. The summed E-state index contributed by atoms with van der Waals surface area (Å²) in [6.45, 7) is 6.91. The number of carbonyl (C=O) groups excluding carboxylic acids is 3. The molecular weight excluding hydrogens is 358 g/mol. The molecule has 0 radical (unpaired) electrons. The maximum absolute atomic E-state index is 12.8. The number of amides is 4. The zero-order valence-electron chi connectivity index (χ0n) is 16.9. The molecule has 0 spiro atoms. The molecule has 1 aromatic carbocycles. The summed E-state index contributed by atoms with van der Waals surface area (Å²) in [5.41, 5.74) is 6.20. The average molecular weight is 387 g/mol. The largest absolute Gasteiger partial charge is 0.368 e. The van der Waals surface area contributed by atoms with Crippen LogP contribution < -0.4 is 15.5 Å². The molecule has 0 saturated carbocycles. The predicted octanol–water partition coefficient (Wildman–Crippen LogP) is 1.25. The van der Waals surface area contributed by atoms with Crippen molar-refractivity contribution in [1.29, 1.82) is 0 Å². The van der Waals surface area contributed by atoms with E-state index in [1.807, 2.05) is 38.1 Å². The topological polar surface area (TPSA) is 90.2 Å². The molecule has 0 aromatic heterocycles. The third-order valence-corrected chi connectivity index (χ3v) is 6.00. The maximum Gasteiger partial charge on any atom is 0.325 e. The normalized spacial score (nSPS) is 21.4. The number of primary amides is 1. The number of benzene rings is 1. The monoisotopic (exact) mass is 387 g/mol. The molecule has 2 heterocycles. The number of anilines is 2. The van der Waals surface area contributed by atoms with Gasteiger partial charge in [0.1, 0.15) is 5.54 Å². The number of nitrogens with zero attached hydrogens (tertiary/aromatic N) is 4. The molecule has 1 atom stereocenters. The molecule has 152 valence electrons. The summed E-state index contributed by atoms with van der Waals surface area (Å²) in [6, 6.07) is 7.08. The Hall–Kier alpha value is -2.61. The van der Waals surface area contributed by atoms with Crippen LogP contribution >= 0.6 is 0 Å². The summed E-state index contributed by atoms with van der Waals surface area (Å²) in [6.07, 6.45) is 1.39. The molecule has 2 aliphatic heterocycles. The molecule has 1 aromatic rings. The van der Waals surface area contributed by atoms with Gasteiger partial charge in [0.15, 0.2) is 0 Å². The molecule has 0 bridgehead atoms. The second kappa shape index (κ2) is 7.79. The van der Waals surface area contributed by atoms with Crippen LogP contribution in [0, 0.1) is 0 Å². The lowest BCUT2D eigenvalue weighted by atomic mass is 9.96. The van der Waals surface area contributed by atoms with Crippen LogP contribution in [0.4, 0.5) is 16.2 Å². The van der Waals surface area contributed by atoms with E-state index in [2.05, 4.69) is 4.90 Å². The summed E-state index contributed by atoms with van der Waals surface area (Å²) in [4.78, 5) is 44.2. The fourth-order valence-corrected chi connectivity index (χ4v) is 4.08. The van der Waals surface area contributed by atoms with E-state index in [4.69, 9.17) is 5.73 Å². The van der Waals surface area contributed by atoms with Gasteiger partial charge in [-0.3, -0.25) is 19.4 Å². The second-order valence-corrected chi connectivity index (χ2v) is 7.45. The molecule has 4 amide bonds. The van der Waals surface area contributed by atoms with Gasteiger partial charge in [0, 0.05) is 25.0 Å². The van der Waals surface area contributed by atoms with Crippen LogP contribution in [0.2, 0.25) is 0 Å². The third-order valence-electron chi connectivity index (χ3n) is 6.00. The van der Waals surface area contributed by atoms with Gasteiger partial charge in [-0.2, -0.15) is 0 Å². The number of nitrogens with two attached hydrogens (primary N) is 1. The highest BCUT2D eigenvalue weighted by Gasteiger charge is 2.56. The van der Waals surface area contributed by atoms with Crippen molar-refractivity contribution >= 4 is 29.2 Å². The fourth-order valence-electron chi connectivity index (χ4n) is 4.08. The van der Waals surface area contributed by atoms with Gasteiger partial charge in [-0.1, -0.05) is 13.8 Å². The first-order valence-corrected chi connectivity index (χ1v) is 9.82. The van der Waals surface area contributed by atoms with Crippen LogP contribution in [0.3, 0.4) is 0 Å². The molecule has 28 heavy (non-hydrogen) atoms. The molecule has 8 nitrogen and oxygen atoms in total. The van der Waals surface area contributed by atoms with E-state index in [-0.39, 0.29) is 18.5 Å².